The predicted octanol–water partition coefficient (Wildman–Crippen LogP) is 1.28. The SMILES string of the molecule is Cc1nc(C(N)CCCS(C)(=O)=O)cs1. The summed E-state index contributed by atoms with van der Waals surface area (Å²) >= 11 is 1.56. The highest BCUT2D eigenvalue weighted by Gasteiger charge is 2.10. The monoisotopic (exact) mass is 248 g/mol. The number of hydrogen-bond donors (Lipinski definition) is 1. The van der Waals surface area contributed by atoms with Crippen LogP contribution in [-0.4, -0.2) is 25.4 Å². The van der Waals surface area contributed by atoms with Crippen molar-refractivity contribution in [3.8, 4) is 0 Å². The van der Waals surface area contributed by atoms with Crippen molar-refractivity contribution in [3.05, 3.63) is 16.1 Å². The van der Waals surface area contributed by atoms with Crippen LogP contribution in [0.1, 0.15) is 29.6 Å². The number of rotatable bonds is 5. The average molecular weight is 248 g/mol. The van der Waals surface area contributed by atoms with Crippen LogP contribution in [0.4, 0.5) is 0 Å². The lowest BCUT2D eigenvalue weighted by molar-refractivity contribution is 0.585. The Morgan fingerprint density at radius 3 is 2.73 bits per heavy atom. The molecule has 2 N–H and O–H groups in total. The zero-order valence-electron chi connectivity index (χ0n) is 8.93. The molecule has 0 fully saturated rings. The molecule has 1 rings (SSSR count). The highest BCUT2D eigenvalue weighted by molar-refractivity contribution is 7.90. The molecule has 1 aromatic rings. The predicted molar refractivity (Wildman–Crippen MR) is 62.7 cm³/mol. The van der Waals surface area contributed by atoms with Crippen molar-refractivity contribution in [1.29, 1.82) is 0 Å². The standard InChI is InChI=1S/C9H16N2O2S2/c1-7-11-9(6-14-7)8(10)4-3-5-15(2,12)13/h6,8H,3-5,10H2,1-2H3. The van der Waals surface area contributed by atoms with E-state index in [0.29, 0.717) is 12.8 Å². The fourth-order valence-electron chi connectivity index (χ4n) is 1.26. The van der Waals surface area contributed by atoms with Crippen molar-refractivity contribution in [2.24, 2.45) is 5.73 Å². The maximum atomic E-state index is 10.9. The lowest BCUT2D eigenvalue weighted by atomic mass is 10.1. The molecule has 1 aromatic heterocycles. The molecule has 0 aliphatic carbocycles. The maximum Gasteiger partial charge on any atom is 0.147 e. The van der Waals surface area contributed by atoms with Gasteiger partial charge in [0, 0.05) is 23.4 Å². The van der Waals surface area contributed by atoms with E-state index in [-0.39, 0.29) is 11.8 Å². The molecular formula is C9H16N2O2S2. The van der Waals surface area contributed by atoms with Gasteiger partial charge in [-0.2, -0.15) is 0 Å². The van der Waals surface area contributed by atoms with Gasteiger partial charge in [0.25, 0.3) is 0 Å². The summed E-state index contributed by atoms with van der Waals surface area (Å²) in [6.45, 7) is 1.93. The van der Waals surface area contributed by atoms with Gasteiger partial charge in [0.05, 0.1) is 10.7 Å². The Balaban J connectivity index is 2.40. The first-order valence-electron chi connectivity index (χ1n) is 4.74. The molecule has 1 unspecified atom stereocenters. The van der Waals surface area contributed by atoms with E-state index >= 15 is 0 Å². The largest absolute Gasteiger partial charge is 0.323 e. The van der Waals surface area contributed by atoms with Gasteiger partial charge < -0.3 is 5.73 Å². The molecule has 0 aromatic carbocycles. The van der Waals surface area contributed by atoms with Crippen LogP contribution in [0.25, 0.3) is 0 Å². The fourth-order valence-corrected chi connectivity index (χ4v) is 2.63. The Labute approximate surface area is 94.4 Å². The highest BCUT2D eigenvalue weighted by Crippen LogP contribution is 2.18. The molecule has 0 radical (unpaired) electrons. The van der Waals surface area contributed by atoms with Gasteiger partial charge in [-0.25, -0.2) is 13.4 Å². The van der Waals surface area contributed by atoms with E-state index in [1.807, 2.05) is 12.3 Å². The van der Waals surface area contributed by atoms with Crippen molar-refractivity contribution >= 4 is 21.2 Å². The number of nitrogens with zero attached hydrogens (tertiary/aromatic N) is 1. The molecule has 15 heavy (non-hydrogen) atoms. The van der Waals surface area contributed by atoms with Crippen LogP contribution in [0.15, 0.2) is 5.38 Å². The van der Waals surface area contributed by atoms with Crippen LogP contribution in [0.5, 0.6) is 0 Å². The van der Waals surface area contributed by atoms with Crippen LogP contribution < -0.4 is 5.73 Å². The van der Waals surface area contributed by atoms with Crippen molar-refractivity contribution in [2.45, 2.75) is 25.8 Å². The van der Waals surface area contributed by atoms with Gasteiger partial charge >= 0.3 is 0 Å². The first kappa shape index (κ1) is 12.6. The highest BCUT2D eigenvalue weighted by atomic mass is 32.2. The van der Waals surface area contributed by atoms with E-state index in [0.717, 1.165) is 10.7 Å². The molecule has 4 nitrogen and oxygen atoms in total. The Hall–Kier alpha value is -0.460. The van der Waals surface area contributed by atoms with Gasteiger partial charge in [-0.05, 0) is 19.8 Å². The number of aromatic nitrogens is 1. The Kier molecular flexibility index (Phi) is 4.24. The summed E-state index contributed by atoms with van der Waals surface area (Å²) in [4.78, 5) is 4.27. The number of nitrogens with two attached hydrogens (primary N) is 1. The van der Waals surface area contributed by atoms with Crippen LogP contribution in [0, 0.1) is 6.92 Å². The molecule has 1 atom stereocenters. The minimum atomic E-state index is -2.87. The van der Waals surface area contributed by atoms with Crippen LogP contribution >= 0.6 is 11.3 Å². The lowest BCUT2D eigenvalue weighted by Crippen LogP contribution is -2.13. The summed E-state index contributed by atoms with van der Waals surface area (Å²) in [6.07, 6.45) is 2.50. The summed E-state index contributed by atoms with van der Waals surface area (Å²) < 4.78 is 21.8. The van der Waals surface area contributed by atoms with Crippen molar-refractivity contribution in [1.82, 2.24) is 4.98 Å². The van der Waals surface area contributed by atoms with Gasteiger partial charge in [0.1, 0.15) is 9.84 Å². The van der Waals surface area contributed by atoms with Gasteiger partial charge in [0.2, 0.25) is 0 Å². The first-order chi connectivity index (χ1) is 6.88. The second-order valence-corrected chi connectivity index (χ2v) is 6.99. The molecule has 0 bridgehead atoms. The number of aryl methyl sites for hydroxylation is 1. The molecule has 1 heterocycles. The third-order valence-electron chi connectivity index (χ3n) is 2.05. The van der Waals surface area contributed by atoms with E-state index in [9.17, 15) is 8.42 Å². The van der Waals surface area contributed by atoms with E-state index in [1.165, 1.54) is 6.26 Å². The third-order valence-corrected chi connectivity index (χ3v) is 3.87. The molecule has 0 saturated heterocycles. The average Bonchev–Trinajstić information content (AvgIpc) is 2.49. The molecule has 0 aliphatic heterocycles. The Bertz CT molecular complexity index is 412. The van der Waals surface area contributed by atoms with E-state index in [2.05, 4.69) is 4.98 Å². The third kappa shape index (κ3) is 4.72. The molecular weight excluding hydrogens is 232 g/mol. The Morgan fingerprint density at radius 2 is 2.27 bits per heavy atom. The summed E-state index contributed by atoms with van der Waals surface area (Å²) in [5.74, 6) is 0.198. The van der Waals surface area contributed by atoms with E-state index < -0.39 is 9.84 Å². The van der Waals surface area contributed by atoms with Gasteiger partial charge in [-0.15, -0.1) is 11.3 Å². The van der Waals surface area contributed by atoms with Crippen LogP contribution in [0.2, 0.25) is 0 Å². The number of thiazole rings is 1. The van der Waals surface area contributed by atoms with Crippen molar-refractivity contribution in [2.75, 3.05) is 12.0 Å². The second-order valence-electron chi connectivity index (χ2n) is 3.67. The quantitative estimate of drug-likeness (QED) is 0.852. The Morgan fingerprint density at radius 1 is 1.60 bits per heavy atom. The molecule has 0 spiro atoms. The normalized spacial score (nSPS) is 14.1. The van der Waals surface area contributed by atoms with Crippen LogP contribution in [0.3, 0.4) is 0 Å². The summed E-state index contributed by atoms with van der Waals surface area (Å²) in [7, 11) is -2.87. The number of sulfone groups is 1. The van der Waals surface area contributed by atoms with Gasteiger partial charge in [0.15, 0.2) is 0 Å². The topological polar surface area (TPSA) is 73.0 Å². The lowest BCUT2D eigenvalue weighted by Gasteiger charge is -2.07. The van der Waals surface area contributed by atoms with E-state index in [1.54, 1.807) is 11.3 Å². The molecule has 86 valence electrons. The van der Waals surface area contributed by atoms with Gasteiger partial charge in [-0.3, -0.25) is 0 Å². The van der Waals surface area contributed by atoms with Crippen molar-refractivity contribution in [3.63, 3.8) is 0 Å². The summed E-state index contributed by atoms with van der Waals surface area (Å²) in [6, 6.07) is -0.142. The van der Waals surface area contributed by atoms with Gasteiger partial charge in [-0.1, -0.05) is 0 Å². The minimum Gasteiger partial charge on any atom is -0.323 e. The minimum absolute atomic E-state index is 0.142. The zero-order valence-corrected chi connectivity index (χ0v) is 10.6. The first-order valence-corrected chi connectivity index (χ1v) is 7.68. The molecule has 0 saturated carbocycles. The smallest absolute Gasteiger partial charge is 0.147 e. The fraction of sp³-hybridized carbons (Fsp3) is 0.667. The second kappa shape index (κ2) is 5.05. The maximum absolute atomic E-state index is 10.9. The number of hydrogen-bond acceptors (Lipinski definition) is 5. The van der Waals surface area contributed by atoms with Crippen LogP contribution in [-0.2, 0) is 9.84 Å². The molecule has 0 aliphatic rings. The van der Waals surface area contributed by atoms with E-state index in [4.69, 9.17) is 5.73 Å². The van der Waals surface area contributed by atoms with Crippen molar-refractivity contribution < 1.29 is 8.42 Å². The zero-order chi connectivity index (χ0) is 11.5. The summed E-state index contributed by atoms with van der Waals surface area (Å²) in [5.41, 5.74) is 6.75. The molecule has 0 amide bonds. The molecule has 6 heteroatoms. The summed E-state index contributed by atoms with van der Waals surface area (Å²) in [5, 5.41) is 2.92.